The van der Waals surface area contributed by atoms with E-state index >= 15 is 0 Å². The molecule has 5 rings (SSSR count). The van der Waals surface area contributed by atoms with Crippen LogP contribution in [0, 0.1) is 51.2 Å². The molecule has 5 fully saturated rings. The summed E-state index contributed by atoms with van der Waals surface area (Å²) < 4.78 is 0. The lowest BCUT2D eigenvalue weighted by molar-refractivity contribution is -0.218. The Balaban J connectivity index is 1.53. The number of hydrogen-bond donors (Lipinski definition) is 1. The van der Waals surface area contributed by atoms with Gasteiger partial charge in [-0.05, 0) is 125 Å². The first kappa shape index (κ1) is 29.9. The summed E-state index contributed by atoms with van der Waals surface area (Å²) in [6, 6.07) is 0. The fraction of sp³-hybridized carbons (Fsp3) is 0.829. The van der Waals surface area contributed by atoms with Crippen LogP contribution in [0.5, 0.6) is 0 Å². The highest BCUT2D eigenvalue weighted by atomic mass is 16.4. The molecule has 40 heavy (non-hydrogen) atoms. The van der Waals surface area contributed by atoms with Crippen molar-refractivity contribution < 1.29 is 14.7 Å². The second-order valence-corrected chi connectivity index (χ2v) is 15.7. The van der Waals surface area contributed by atoms with Crippen LogP contribution in [0.2, 0.25) is 0 Å². The second kappa shape index (κ2) is 10.3. The first-order valence-corrected chi connectivity index (χ1v) is 16.2. The lowest BCUT2D eigenvalue weighted by Crippen LogP contribution is -2.65. The van der Waals surface area contributed by atoms with E-state index < -0.39 is 5.97 Å². The van der Waals surface area contributed by atoms with Crippen molar-refractivity contribution in [2.45, 2.75) is 98.8 Å². The molecule has 1 heterocycles. The molecular formula is C35H56N2O3. The summed E-state index contributed by atoms with van der Waals surface area (Å²) in [7, 11) is 2.16. The van der Waals surface area contributed by atoms with Gasteiger partial charge in [-0.15, -0.1) is 0 Å². The quantitative estimate of drug-likeness (QED) is 0.359. The van der Waals surface area contributed by atoms with Crippen LogP contribution >= 0.6 is 0 Å². The zero-order valence-corrected chi connectivity index (χ0v) is 26.4. The second-order valence-electron chi connectivity index (χ2n) is 15.7. The van der Waals surface area contributed by atoms with Crippen LogP contribution in [0.1, 0.15) is 98.8 Å². The highest BCUT2D eigenvalue weighted by Crippen LogP contribution is 2.76. The van der Waals surface area contributed by atoms with Gasteiger partial charge in [0.25, 0.3) is 0 Å². The number of piperazine rings is 1. The van der Waals surface area contributed by atoms with Crippen LogP contribution < -0.4 is 0 Å². The van der Waals surface area contributed by atoms with Gasteiger partial charge in [-0.2, -0.15) is 0 Å². The van der Waals surface area contributed by atoms with Crippen molar-refractivity contribution in [1.82, 2.24) is 9.80 Å². The molecule has 1 aliphatic heterocycles. The predicted molar refractivity (Wildman–Crippen MR) is 162 cm³/mol. The Morgan fingerprint density at radius 1 is 0.850 bits per heavy atom. The topological polar surface area (TPSA) is 60.9 Å². The molecule has 0 bridgehead atoms. The van der Waals surface area contributed by atoms with Crippen molar-refractivity contribution in [2.24, 2.45) is 51.2 Å². The normalized spacial score (nSPS) is 45.2. The fourth-order valence-electron chi connectivity index (χ4n) is 11.7. The average molecular weight is 553 g/mol. The Bertz CT molecular complexity index is 1060. The lowest BCUT2D eigenvalue weighted by Gasteiger charge is -2.71. The highest BCUT2D eigenvalue weighted by Gasteiger charge is 2.70. The number of likely N-dealkylation sites (N-methyl/N-ethyl adjacent to an activating group) is 1. The Hall–Kier alpha value is -1.62. The molecule has 5 heteroatoms. The Labute approximate surface area is 243 Å². The van der Waals surface area contributed by atoms with E-state index in [-0.39, 0.29) is 28.1 Å². The zero-order chi connectivity index (χ0) is 29.3. The number of carbonyl (C=O) groups excluding carboxylic acids is 1. The number of aliphatic carboxylic acids is 1. The van der Waals surface area contributed by atoms with E-state index in [9.17, 15) is 14.7 Å². The molecule has 1 N–H and O–H groups in total. The van der Waals surface area contributed by atoms with Crippen molar-refractivity contribution in [1.29, 1.82) is 0 Å². The number of allylic oxidation sites excluding steroid dienone is 2. The minimum absolute atomic E-state index is 0.0567. The van der Waals surface area contributed by atoms with Crippen LogP contribution in [0.4, 0.5) is 0 Å². The van der Waals surface area contributed by atoms with Crippen molar-refractivity contribution in [2.75, 3.05) is 33.2 Å². The molecule has 0 aromatic heterocycles. The molecule has 0 unspecified atom stereocenters. The Morgan fingerprint density at radius 2 is 1.52 bits per heavy atom. The monoisotopic (exact) mass is 552 g/mol. The molecule has 5 nitrogen and oxygen atoms in total. The van der Waals surface area contributed by atoms with E-state index in [0.717, 1.165) is 77.5 Å². The van der Waals surface area contributed by atoms with Gasteiger partial charge in [-0.25, -0.2) is 0 Å². The molecule has 4 aliphatic carbocycles. The summed E-state index contributed by atoms with van der Waals surface area (Å²) in [6.45, 7) is 24.5. The Kier molecular flexibility index (Phi) is 7.67. The predicted octanol–water partition coefficient (Wildman–Crippen LogP) is 7.04. The number of fused-ring (bicyclic) bond motifs is 5. The molecule has 0 radical (unpaired) electrons. The third-order valence-corrected chi connectivity index (χ3v) is 14.0. The number of carboxylic acids is 1. The van der Waals surface area contributed by atoms with Gasteiger partial charge in [0.2, 0.25) is 5.91 Å². The SMILES string of the molecule is C=C(C)[C@@H]1CC[C@]2(C(=O)N3CCN(C)CC3)CC[C@]3(C)[C@H](CC[C@@H]4[C@@](C)(CCC(=O)O)[C@H](C(=C)C)CC[C@]43C)[C@@H]12. The van der Waals surface area contributed by atoms with Gasteiger partial charge in [0.05, 0.1) is 5.41 Å². The average Bonchev–Trinajstić information content (AvgIpc) is 3.29. The number of hydrogen-bond acceptors (Lipinski definition) is 3. The van der Waals surface area contributed by atoms with Crippen molar-refractivity contribution in [3.05, 3.63) is 24.3 Å². The molecular weight excluding hydrogens is 496 g/mol. The molecule has 224 valence electrons. The van der Waals surface area contributed by atoms with Gasteiger partial charge in [0.1, 0.15) is 0 Å². The van der Waals surface area contributed by atoms with E-state index in [0.29, 0.717) is 35.5 Å². The van der Waals surface area contributed by atoms with E-state index in [4.69, 9.17) is 0 Å². The van der Waals surface area contributed by atoms with Gasteiger partial charge in [0.15, 0.2) is 0 Å². The van der Waals surface area contributed by atoms with E-state index in [1.807, 2.05) is 0 Å². The third-order valence-electron chi connectivity index (χ3n) is 14.0. The third kappa shape index (κ3) is 4.26. The molecule has 9 atom stereocenters. The van der Waals surface area contributed by atoms with Crippen LogP contribution in [0.25, 0.3) is 0 Å². The molecule has 1 amide bonds. The largest absolute Gasteiger partial charge is 0.481 e. The summed E-state index contributed by atoms with van der Waals surface area (Å²) in [4.78, 5) is 30.9. The maximum Gasteiger partial charge on any atom is 0.303 e. The van der Waals surface area contributed by atoms with Crippen molar-refractivity contribution in [3.63, 3.8) is 0 Å². The summed E-state index contributed by atoms with van der Waals surface area (Å²) in [5, 5.41) is 9.70. The first-order chi connectivity index (χ1) is 18.7. The Morgan fingerprint density at radius 3 is 2.12 bits per heavy atom. The van der Waals surface area contributed by atoms with Gasteiger partial charge in [0, 0.05) is 32.6 Å². The maximum absolute atomic E-state index is 14.6. The maximum atomic E-state index is 14.6. The molecule has 4 saturated carbocycles. The molecule has 5 aliphatic rings. The van der Waals surface area contributed by atoms with Crippen molar-refractivity contribution >= 4 is 11.9 Å². The van der Waals surface area contributed by atoms with Crippen molar-refractivity contribution in [3.8, 4) is 0 Å². The smallest absolute Gasteiger partial charge is 0.303 e. The van der Waals surface area contributed by atoms with Crippen LogP contribution in [-0.2, 0) is 9.59 Å². The number of amides is 1. The number of rotatable bonds is 6. The highest BCUT2D eigenvalue weighted by molar-refractivity contribution is 5.84. The van der Waals surface area contributed by atoms with Gasteiger partial charge in [-0.3, -0.25) is 9.59 Å². The molecule has 0 aromatic rings. The fourth-order valence-corrected chi connectivity index (χ4v) is 11.7. The standard InChI is InChI=1S/C35H56N2O3/c1-23(2)25-11-16-35(31(40)37-21-19-36(8)20-22-37)18-17-33(6)27(30(25)35)9-10-28-32(5,14-13-29(38)39)26(24(3)4)12-15-34(28,33)7/h25-28,30H,1,3,9-22H2,2,4-8H3,(H,38,39)/t25-,26-,27+,28+,30+,32-,33+,34+,35-/m0/s1. The van der Waals surface area contributed by atoms with E-state index in [1.54, 1.807) is 0 Å². The lowest BCUT2D eigenvalue weighted by atomic mass is 9.34. The molecule has 0 spiro atoms. The van der Waals surface area contributed by atoms with Crippen LogP contribution in [0.15, 0.2) is 24.3 Å². The van der Waals surface area contributed by atoms with Gasteiger partial charge >= 0.3 is 5.97 Å². The zero-order valence-electron chi connectivity index (χ0n) is 26.4. The van der Waals surface area contributed by atoms with Crippen LogP contribution in [-0.4, -0.2) is 60.0 Å². The molecule has 1 saturated heterocycles. The summed E-state index contributed by atoms with van der Waals surface area (Å²) in [5.74, 6) is 1.91. The molecule has 0 aromatic carbocycles. The van der Waals surface area contributed by atoms with Gasteiger partial charge < -0.3 is 14.9 Å². The van der Waals surface area contributed by atoms with E-state index in [1.165, 1.54) is 17.6 Å². The number of nitrogens with zero attached hydrogens (tertiary/aromatic N) is 2. The summed E-state index contributed by atoms with van der Waals surface area (Å²) >= 11 is 0. The first-order valence-electron chi connectivity index (χ1n) is 16.2. The number of carbonyl (C=O) groups is 2. The van der Waals surface area contributed by atoms with E-state index in [2.05, 4.69) is 64.6 Å². The van der Waals surface area contributed by atoms with Gasteiger partial charge in [-0.1, -0.05) is 45.1 Å². The summed E-state index contributed by atoms with van der Waals surface area (Å²) in [5.41, 5.74) is 2.45. The summed E-state index contributed by atoms with van der Waals surface area (Å²) in [6.07, 6.45) is 9.73. The minimum atomic E-state index is -0.686. The van der Waals surface area contributed by atoms with Crippen LogP contribution in [0.3, 0.4) is 0 Å². The number of carboxylic acid groups (broad SMARTS) is 1. The minimum Gasteiger partial charge on any atom is -0.481 e.